The van der Waals surface area contributed by atoms with Crippen LogP contribution in [0.3, 0.4) is 0 Å². The lowest BCUT2D eigenvalue weighted by Crippen LogP contribution is -2.49. The number of rotatable bonds is 5. The largest absolute Gasteiger partial charge is 0.349 e. The molecule has 0 aliphatic heterocycles. The molecule has 0 saturated carbocycles. The van der Waals surface area contributed by atoms with E-state index in [9.17, 15) is 4.79 Å². The van der Waals surface area contributed by atoms with Crippen LogP contribution in [0.1, 0.15) is 36.4 Å². The lowest BCUT2D eigenvalue weighted by molar-refractivity contribution is 0.0945. The van der Waals surface area contributed by atoms with E-state index in [1.165, 1.54) is 11.3 Å². The van der Waals surface area contributed by atoms with Crippen molar-refractivity contribution in [2.45, 2.75) is 32.2 Å². The molecule has 90 valence electrons. The minimum absolute atomic E-state index is 0.0569. The zero-order valence-corrected chi connectivity index (χ0v) is 12.0. The van der Waals surface area contributed by atoms with Crippen LogP contribution in [-0.2, 0) is 0 Å². The molecule has 3 nitrogen and oxygen atoms in total. The maximum Gasteiger partial charge on any atom is 0.262 e. The molecule has 0 aliphatic carbocycles. The highest BCUT2D eigenvalue weighted by Crippen LogP contribution is 2.22. The average Bonchev–Trinajstić information content (AvgIpc) is 2.72. The molecule has 0 unspecified atom stereocenters. The molecule has 0 bridgehead atoms. The molecule has 0 spiro atoms. The van der Waals surface area contributed by atoms with Gasteiger partial charge in [0.25, 0.3) is 5.91 Å². The van der Waals surface area contributed by atoms with Gasteiger partial charge in [-0.05, 0) is 40.2 Å². The topological polar surface area (TPSA) is 55.1 Å². The number of thiophene rings is 1. The Hall–Kier alpha value is -0.390. The van der Waals surface area contributed by atoms with E-state index in [1.807, 2.05) is 25.3 Å². The fourth-order valence-electron chi connectivity index (χ4n) is 1.29. The van der Waals surface area contributed by atoms with Crippen molar-refractivity contribution < 1.29 is 4.79 Å². The van der Waals surface area contributed by atoms with Crippen molar-refractivity contribution >= 4 is 33.2 Å². The Labute approximate surface area is 109 Å². The normalized spacial score (nSPS) is 11.5. The van der Waals surface area contributed by atoms with Gasteiger partial charge in [0, 0.05) is 16.6 Å². The van der Waals surface area contributed by atoms with Crippen LogP contribution < -0.4 is 11.1 Å². The Bertz CT molecular complexity index is 361. The van der Waals surface area contributed by atoms with Gasteiger partial charge in [0.15, 0.2) is 0 Å². The maximum absolute atomic E-state index is 11.8. The first-order valence-corrected chi connectivity index (χ1v) is 6.99. The predicted molar refractivity (Wildman–Crippen MR) is 71.9 cm³/mol. The number of hydrogen-bond donors (Lipinski definition) is 2. The molecule has 0 radical (unpaired) electrons. The van der Waals surface area contributed by atoms with Crippen molar-refractivity contribution in [1.82, 2.24) is 5.32 Å². The Balaban J connectivity index is 2.57. The highest BCUT2D eigenvalue weighted by Gasteiger charge is 2.22. The fourth-order valence-corrected chi connectivity index (χ4v) is 2.76. The molecule has 0 fully saturated rings. The Morgan fingerprint density at radius 1 is 1.56 bits per heavy atom. The molecule has 3 N–H and O–H groups in total. The second-order valence-electron chi connectivity index (χ2n) is 3.85. The summed E-state index contributed by atoms with van der Waals surface area (Å²) in [7, 11) is 0. The van der Waals surface area contributed by atoms with Gasteiger partial charge in [-0.25, -0.2) is 0 Å². The summed E-state index contributed by atoms with van der Waals surface area (Å²) >= 11 is 4.76. The van der Waals surface area contributed by atoms with Crippen molar-refractivity contribution in [3.05, 3.63) is 20.8 Å². The van der Waals surface area contributed by atoms with E-state index < -0.39 is 0 Å². The number of amides is 1. The highest BCUT2D eigenvalue weighted by molar-refractivity contribution is 9.10. The highest BCUT2D eigenvalue weighted by atomic mass is 79.9. The summed E-state index contributed by atoms with van der Waals surface area (Å²) in [4.78, 5) is 12.5. The first-order chi connectivity index (χ1) is 7.52. The fraction of sp³-hybridized carbons (Fsp3) is 0.545. The van der Waals surface area contributed by atoms with Crippen molar-refractivity contribution in [2.24, 2.45) is 5.73 Å². The van der Waals surface area contributed by atoms with E-state index in [2.05, 4.69) is 21.2 Å². The van der Waals surface area contributed by atoms with E-state index in [0.29, 0.717) is 11.4 Å². The predicted octanol–water partition coefficient (Wildman–Crippen LogP) is 2.76. The molecule has 1 heterocycles. The molecule has 1 amide bonds. The van der Waals surface area contributed by atoms with E-state index >= 15 is 0 Å². The van der Waals surface area contributed by atoms with Gasteiger partial charge >= 0.3 is 0 Å². The second-order valence-corrected chi connectivity index (χ2v) is 5.62. The van der Waals surface area contributed by atoms with Crippen LogP contribution in [0.5, 0.6) is 0 Å². The lowest BCUT2D eigenvalue weighted by atomic mass is 9.94. The number of nitrogens with one attached hydrogen (secondary N) is 1. The number of halogens is 1. The van der Waals surface area contributed by atoms with E-state index in [0.717, 1.165) is 17.3 Å². The minimum atomic E-state index is -0.292. The van der Waals surface area contributed by atoms with Gasteiger partial charge in [0.2, 0.25) is 0 Å². The third-order valence-electron chi connectivity index (χ3n) is 2.83. The first kappa shape index (κ1) is 13.7. The van der Waals surface area contributed by atoms with Crippen molar-refractivity contribution in [3.8, 4) is 0 Å². The van der Waals surface area contributed by atoms with Crippen LogP contribution in [0.25, 0.3) is 0 Å². The first-order valence-electron chi connectivity index (χ1n) is 5.32. The van der Waals surface area contributed by atoms with Crippen LogP contribution in [0.4, 0.5) is 0 Å². The molecular weight excluding hydrogens is 288 g/mol. The van der Waals surface area contributed by atoms with Gasteiger partial charge in [-0.15, -0.1) is 11.3 Å². The summed E-state index contributed by atoms with van der Waals surface area (Å²) in [5, 5.41) is 4.77. The summed E-state index contributed by atoms with van der Waals surface area (Å²) < 4.78 is 0.839. The number of hydrogen-bond acceptors (Lipinski definition) is 3. The second kappa shape index (κ2) is 5.80. The zero-order valence-electron chi connectivity index (χ0n) is 9.55. The number of nitrogens with two attached hydrogens (primary N) is 1. The Kier molecular flexibility index (Phi) is 4.95. The van der Waals surface area contributed by atoms with E-state index in [-0.39, 0.29) is 11.4 Å². The molecule has 0 atom stereocenters. The van der Waals surface area contributed by atoms with Crippen LogP contribution in [0.2, 0.25) is 0 Å². The summed E-state index contributed by atoms with van der Waals surface area (Å²) in [5.74, 6) is -0.0569. The monoisotopic (exact) mass is 304 g/mol. The van der Waals surface area contributed by atoms with Gasteiger partial charge in [0.1, 0.15) is 4.88 Å². The van der Waals surface area contributed by atoms with E-state index in [1.54, 1.807) is 0 Å². The third kappa shape index (κ3) is 3.30. The molecule has 0 aliphatic rings. The standard InChI is InChI=1S/C11H17BrN2OS/c1-3-11(13,4-2)7-14-10(15)9-8(12)5-6-16-9/h5-6H,3-4,7,13H2,1-2H3,(H,14,15). The van der Waals surface area contributed by atoms with Gasteiger partial charge in [0.05, 0.1) is 0 Å². The van der Waals surface area contributed by atoms with Gasteiger partial charge in [-0.3, -0.25) is 4.79 Å². The van der Waals surface area contributed by atoms with Crippen molar-refractivity contribution in [3.63, 3.8) is 0 Å². The quantitative estimate of drug-likeness (QED) is 0.879. The van der Waals surface area contributed by atoms with Crippen LogP contribution in [0, 0.1) is 0 Å². The number of carbonyl (C=O) groups is 1. The molecule has 0 aromatic carbocycles. The van der Waals surface area contributed by atoms with Gasteiger partial charge in [-0.1, -0.05) is 13.8 Å². The summed E-state index contributed by atoms with van der Waals surface area (Å²) in [6, 6.07) is 1.87. The summed E-state index contributed by atoms with van der Waals surface area (Å²) in [5.41, 5.74) is 5.82. The Morgan fingerprint density at radius 3 is 2.62 bits per heavy atom. The molecule has 1 aromatic heterocycles. The zero-order chi connectivity index (χ0) is 12.2. The number of carbonyl (C=O) groups excluding carboxylic acids is 1. The molecule has 16 heavy (non-hydrogen) atoms. The van der Waals surface area contributed by atoms with Gasteiger partial charge < -0.3 is 11.1 Å². The average molecular weight is 305 g/mol. The SMILES string of the molecule is CCC(N)(CC)CNC(=O)c1sccc1Br. The van der Waals surface area contributed by atoms with Crippen LogP contribution >= 0.6 is 27.3 Å². The lowest BCUT2D eigenvalue weighted by Gasteiger charge is -2.26. The smallest absolute Gasteiger partial charge is 0.262 e. The molecule has 0 saturated heterocycles. The van der Waals surface area contributed by atoms with Crippen LogP contribution in [-0.4, -0.2) is 18.0 Å². The summed E-state index contributed by atoms with van der Waals surface area (Å²) in [6.07, 6.45) is 1.71. The summed E-state index contributed by atoms with van der Waals surface area (Å²) in [6.45, 7) is 4.59. The molecular formula is C11H17BrN2OS. The van der Waals surface area contributed by atoms with E-state index in [4.69, 9.17) is 5.73 Å². The third-order valence-corrected chi connectivity index (χ3v) is 4.67. The maximum atomic E-state index is 11.8. The minimum Gasteiger partial charge on any atom is -0.349 e. The molecule has 5 heteroatoms. The van der Waals surface area contributed by atoms with Crippen molar-refractivity contribution in [1.29, 1.82) is 0 Å². The molecule has 1 rings (SSSR count). The van der Waals surface area contributed by atoms with Crippen LogP contribution in [0.15, 0.2) is 15.9 Å². The Morgan fingerprint density at radius 2 is 2.19 bits per heavy atom. The van der Waals surface area contributed by atoms with Crippen molar-refractivity contribution in [2.75, 3.05) is 6.54 Å². The van der Waals surface area contributed by atoms with Gasteiger partial charge in [-0.2, -0.15) is 0 Å². The molecule has 1 aromatic rings.